The lowest BCUT2D eigenvalue weighted by Gasteiger charge is -2.60. The molecule has 0 radical (unpaired) electrons. The van der Waals surface area contributed by atoms with Crippen LogP contribution in [0.15, 0.2) is 57.2 Å². The van der Waals surface area contributed by atoms with Gasteiger partial charge in [0, 0.05) is 42.7 Å². The standard InChI is InChI=1S/C39H47N5O4/c1-23-15-25-17-32-30(9-11-34(45)40-32)38(19-23)28(25)5-3-13-43(38)36(47)21-42(27-7-8-27)22-37(48)44-14-4-6-29-26-16-24(2)20-39(29,44)31-10-12-35(46)41-33(31)18-26/h9-12,15-16,25-29H,3-8,13-14,17-22H2,1-2H3,(H,40,45)(H,41,46)/t25-,26-,28+,29+,38+,39+/m0/s1. The van der Waals surface area contributed by atoms with Crippen molar-refractivity contribution in [2.24, 2.45) is 23.7 Å². The number of amides is 2. The Morgan fingerprint density at radius 1 is 0.729 bits per heavy atom. The lowest BCUT2D eigenvalue weighted by molar-refractivity contribution is -0.153. The van der Waals surface area contributed by atoms with Gasteiger partial charge in [-0.05, 0) is 125 Å². The third-order valence-electron chi connectivity index (χ3n) is 13.3. The number of carbonyl (C=O) groups is 2. The number of nitrogens with one attached hydrogen (secondary N) is 2. The first-order valence-electron chi connectivity index (χ1n) is 18.3. The van der Waals surface area contributed by atoms with Gasteiger partial charge in [0.05, 0.1) is 24.2 Å². The Hall–Kier alpha value is -3.72. The first-order valence-corrected chi connectivity index (χ1v) is 18.3. The number of rotatable bonds is 5. The van der Waals surface area contributed by atoms with Crippen LogP contribution in [0.25, 0.3) is 0 Å². The molecule has 6 atom stereocenters. The van der Waals surface area contributed by atoms with Crippen molar-refractivity contribution >= 4 is 11.8 Å². The summed E-state index contributed by atoms with van der Waals surface area (Å²) >= 11 is 0. The van der Waals surface area contributed by atoms with Gasteiger partial charge in [0.2, 0.25) is 22.9 Å². The van der Waals surface area contributed by atoms with E-state index in [4.69, 9.17) is 0 Å². The molecule has 4 heterocycles. The van der Waals surface area contributed by atoms with Crippen LogP contribution in [0.3, 0.4) is 0 Å². The highest BCUT2D eigenvalue weighted by atomic mass is 16.2. The number of aromatic nitrogens is 2. The largest absolute Gasteiger partial charge is 0.331 e. The fraction of sp³-hybridized carbons (Fsp3) is 0.590. The predicted molar refractivity (Wildman–Crippen MR) is 182 cm³/mol. The molecule has 7 aliphatic rings. The van der Waals surface area contributed by atoms with Gasteiger partial charge in [-0.25, -0.2) is 0 Å². The summed E-state index contributed by atoms with van der Waals surface area (Å²) in [7, 11) is 0. The maximum Gasteiger partial charge on any atom is 0.248 e. The maximum absolute atomic E-state index is 14.7. The third kappa shape index (κ3) is 4.45. The third-order valence-corrected chi connectivity index (χ3v) is 13.3. The molecule has 2 aliphatic heterocycles. The molecule has 2 aromatic rings. The number of fused-ring (bicyclic) bond motifs is 2. The van der Waals surface area contributed by atoms with E-state index in [1.54, 1.807) is 12.1 Å². The molecule has 9 rings (SSSR count). The van der Waals surface area contributed by atoms with Gasteiger partial charge in [-0.2, -0.15) is 0 Å². The van der Waals surface area contributed by atoms with Crippen LogP contribution in [0.5, 0.6) is 0 Å². The number of aromatic amines is 2. The summed E-state index contributed by atoms with van der Waals surface area (Å²) in [5.41, 5.74) is 5.70. The van der Waals surface area contributed by atoms with Crippen molar-refractivity contribution in [3.8, 4) is 0 Å². The molecule has 1 saturated carbocycles. The number of carbonyl (C=O) groups excluding carboxylic acids is 2. The zero-order valence-corrected chi connectivity index (χ0v) is 28.2. The Balaban J connectivity index is 1.03. The van der Waals surface area contributed by atoms with E-state index in [0.717, 1.165) is 86.7 Å². The average molecular weight is 650 g/mol. The Labute approximate surface area is 281 Å². The lowest BCUT2D eigenvalue weighted by Crippen LogP contribution is -2.64. The van der Waals surface area contributed by atoms with Gasteiger partial charge in [0.15, 0.2) is 0 Å². The highest BCUT2D eigenvalue weighted by Crippen LogP contribution is 2.58. The highest BCUT2D eigenvalue weighted by molar-refractivity contribution is 5.83. The normalized spacial score (nSPS) is 33.1. The second-order valence-corrected chi connectivity index (χ2v) is 16.1. The smallest absolute Gasteiger partial charge is 0.248 e. The summed E-state index contributed by atoms with van der Waals surface area (Å²) in [6, 6.07) is 7.46. The molecule has 3 fully saturated rings. The van der Waals surface area contributed by atoms with Crippen molar-refractivity contribution < 1.29 is 9.59 Å². The molecule has 2 saturated heterocycles. The van der Waals surface area contributed by atoms with Crippen LogP contribution in [-0.2, 0) is 33.5 Å². The monoisotopic (exact) mass is 649 g/mol. The van der Waals surface area contributed by atoms with E-state index < -0.39 is 11.1 Å². The second-order valence-electron chi connectivity index (χ2n) is 16.1. The van der Waals surface area contributed by atoms with E-state index in [9.17, 15) is 19.2 Å². The topological polar surface area (TPSA) is 110 Å². The first kappa shape index (κ1) is 30.3. The highest BCUT2D eigenvalue weighted by Gasteiger charge is 2.58. The summed E-state index contributed by atoms with van der Waals surface area (Å²) in [4.78, 5) is 67.0. The van der Waals surface area contributed by atoms with E-state index in [1.807, 2.05) is 12.1 Å². The zero-order valence-electron chi connectivity index (χ0n) is 28.2. The van der Waals surface area contributed by atoms with Crippen LogP contribution in [0.2, 0.25) is 0 Å². The van der Waals surface area contributed by atoms with Crippen molar-refractivity contribution in [3.63, 3.8) is 0 Å². The Morgan fingerprint density at radius 2 is 1.19 bits per heavy atom. The van der Waals surface area contributed by atoms with Crippen LogP contribution in [0.1, 0.15) is 87.7 Å². The van der Waals surface area contributed by atoms with Crippen molar-refractivity contribution in [3.05, 3.63) is 90.8 Å². The summed E-state index contributed by atoms with van der Waals surface area (Å²) in [6.45, 7) is 6.22. The lowest BCUT2D eigenvalue weighted by atomic mass is 9.56. The minimum absolute atomic E-state index is 0.0872. The Kier molecular flexibility index (Phi) is 6.89. The minimum atomic E-state index is -0.460. The van der Waals surface area contributed by atoms with E-state index in [1.165, 1.54) is 11.1 Å². The molecule has 2 amide bonds. The van der Waals surface area contributed by atoms with Crippen molar-refractivity contribution in [2.75, 3.05) is 26.2 Å². The molecule has 0 unspecified atom stereocenters. The molecule has 9 heteroatoms. The molecule has 2 N–H and O–H groups in total. The molecular weight excluding hydrogens is 602 g/mol. The Bertz CT molecular complexity index is 1760. The van der Waals surface area contributed by atoms with Crippen LogP contribution >= 0.6 is 0 Å². The summed E-state index contributed by atoms with van der Waals surface area (Å²) in [5, 5.41) is 0. The Morgan fingerprint density at radius 3 is 1.62 bits per heavy atom. The number of piperidine rings is 2. The second kappa shape index (κ2) is 10.9. The number of H-pyrrole nitrogens is 2. The van der Waals surface area contributed by atoms with Gasteiger partial charge in [0.1, 0.15) is 0 Å². The van der Waals surface area contributed by atoms with E-state index in [2.05, 4.69) is 50.7 Å². The molecule has 4 bridgehead atoms. The van der Waals surface area contributed by atoms with E-state index >= 15 is 0 Å². The van der Waals surface area contributed by atoms with Crippen molar-refractivity contribution in [1.29, 1.82) is 0 Å². The van der Waals surface area contributed by atoms with Crippen LogP contribution < -0.4 is 11.1 Å². The number of hydrogen-bond acceptors (Lipinski definition) is 5. The molecule has 0 aromatic carbocycles. The van der Waals surface area contributed by atoms with Crippen LogP contribution in [-0.4, -0.2) is 68.7 Å². The average Bonchev–Trinajstić information content (AvgIpc) is 3.89. The fourth-order valence-corrected chi connectivity index (χ4v) is 11.6. The summed E-state index contributed by atoms with van der Waals surface area (Å²) < 4.78 is 0. The zero-order chi connectivity index (χ0) is 32.9. The predicted octanol–water partition coefficient (Wildman–Crippen LogP) is 4.14. The number of pyridine rings is 2. The van der Waals surface area contributed by atoms with E-state index in [0.29, 0.717) is 36.8 Å². The van der Waals surface area contributed by atoms with Crippen LogP contribution in [0.4, 0.5) is 0 Å². The molecule has 2 aromatic heterocycles. The summed E-state index contributed by atoms with van der Waals surface area (Å²) in [6.07, 6.45) is 14.1. The molecule has 0 spiro atoms. The first-order chi connectivity index (χ1) is 23.2. The van der Waals surface area contributed by atoms with Gasteiger partial charge in [-0.1, -0.05) is 23.3 Å². The van der Waals surface area contributed by atoms with Gasteiger partial charge in [-0.15, -0.1) is 0 Å². The molecule has 5 aliphatic carbocycles. The minimum Gasteiger partial charge on any atom is -0.331 e. The van der Waals surface area contributed by atoms with Gasteiger partial charge < -0.3 is 19.8 Å². The van der Waals surface area contributed by atoms with Crippen molar-refractivity contribution in [1.82, 2.24) is 24.7 Å². The molecule has 252 valence electrons. The number of likely N-dealkylation sites (tertiary alicyclic amines) is 2. The maximum atomic E-state index is 14.7. The van der Waals surface area contributed by atoms with Gasteiger partial charge in [0.25, 0.3) is 0 Å². The van der Waals surface area contributed by atoms with Crippen LogP contribution in [0, 0.1) is 23.7 Å². The number of hydrogen-bond donors (Lipinski definition) is 2. The van der Waals surface area contributed by atoms with E-state index in [-0.39, 0.29) is 42.1 Å². The fourth-order valence-electron chi connectivity index (χ4n) is 11.6. The van der Waals surface area contributed by atoms with Gasteiger partial charge in [-0.3, -0.25) is 24.1 Å². The van der Waals surface area contributed by atoms with Crippen molar-refractivity contribution in [2.45, 2.75) is 95.2 Å². The number of nitrogens with zero attached hydrogens (tertiary/aromatic N) is 3. The molecule has 48 heavy (non-hydrogen) atoms. The summed E-state index contributed by atoms with van der Waals surface area (Å²) in [5.74, 6) is 1.45. The van der Waals surface area contributed by atoms with Gasteiger partial charge >= 0.3 is 0 Å². The molecular formula is C39H47N5O4. The number of allylic oxidation sites excluding steroid dienone is 2. The molecule has 9 nitrogen and oxygen atoms in total. The quantitative estimate of drug-likeness (QED) is 0.474. The SMILES string of the molecule is CC1=C[C@H]2Cc3[nH]c(=O)ccc3[C@@]3(C1)[C@@H]2CCCN3C(=O)CN(CC(=O)N1CCC[C@@H]2[C@H]3C=C(C)C[C@]21c1ccc(=O)[nH]c1C3)C1CC1.